The first kappa shape index (κ1) is 14.3. The average molecular weight is 283 g/mol. The first-order valence-corrected chi connectivity index (χ1v) is 7.97. The predicted octanol–water partition coefficient (Wildman–Crippen LogP) is 1.98. The lowest BCUT2D eigenvalue weighted by molar-refractivity contribution is 0.372. The molecule has 19 heavy (non-hydrogen) atoms. The van der Waals surface area contributed by atoms with Gasteiger partial charge in [0.05, 0.1) is 0 Å². The van der Waals surface area contributed by atoms with Crippen molar-refractivity contribution in [3.63, 3.8) is 0 Å². The molecule has 1 aromatic rings. The number of aromatic nitrogens is 1. The van der Waals surface area contributed by atoms with Gasteiger partial charge in [0.25, 0.3) is 0 Å². The molecule has 5 nitrogen and oxygen atoms in total. The smallest absolute Gasteiger partial charge is 0.242 e. The summed E-state index contributed by atoms with van der Waals surface area (Å²) in [5.41, 5.74) is 0.224. The Balaban J connectivity index is 2.10. The Hall–Kier alpha value is -1.14. The molecule has 1 atom stereocenters. The minimum absolute atomic E-state index is 0.0315. The fourth-order valence-electron chi connectivity index (χ4n) is 2.51. The number of nitrogens with one attached hydrogen (secondary N) is 2. The molecule has 1 aliphatic rings. The first-order chi connectivity index (χ1) is 8.82. The Labute approximate surface area is 114 Å². The van der Waals surface area contributed by atoms with Crippen LogP contribution < -0.4 is 10.0 Å². The van der Waals surface area contributed by atoms with Crippen molar-refractivity contribution in [2.75, 3.05) is 12.4 Å². The molecule has 0 aliphatic heterocycles. The highest BCUT2D eigenvalue weighted by Gasteiger charge is 2.33. The molecular formula is C13H21N3O2S. The number of rotatable bonds is 4. The molecule has 1 fully saturated rings. The summed E-state index contributed by atoms with van der Waals surface area (Å²) in [4.78, 5) is 4.26. The van der Waals surface area contributed by atoms with Gasteiger partial charge in [-0.3, -0.25) is 0 Å². The number of pyridine rings is 1. The average Bonchev–Trinajstić information content (AvgIpc) is 2.68. The van der Waals surface area contributed by atoms with Crippen LogP contribution >= 0.6 is 0 Å². The molecule has 1 unspecified atom stereocenters. The van der Waals surface area contributed by atoms with Crippen LogP contribution in [0.5, 0.6) is 0 Å². The molecule has 0 spiro atoms. The van der Waals surface area contributed by atoms with Gasteiger partial charge >= 0.3 is 0 Å². The van der Waals surface area contributed by atoms with Crippen LogP contribution in [0.3, 0.4) is 0 Å². The molecule has 6 heteroatoms. The number of sulfonamides is 1. The van der Waals surface area contributed by atoms with Gasteiger partial charge in [-0.2, -0.15) is 0 Å². The maximum atomic E-state index is 12.2. The van der Waals surface area contributed by atoms with E-state index in [9.17, 15) is 8.42 Å². The number of nitrogens with zero attached hydrogens (tertiary/aromatic N) is 1. The van der Waals surface area contributed by atoms with Gasteiger partial charge in [-0.1, -0.05) is 13.8 Å². The second-order valence-electron chi connectivity index (χ2n) is 5.85. The Kier molecular flexibility index (Phi) is 3.82. The van der Waals surface area contributed by atoms with Gasteiger partial charge in [0.1, 0.15) is 10.7 Å². The van der Waals surface area contributed by atoms with Crippen LogP contribution in [0.25, 0.3) is 0 Å². The molecule has 0 amide bonds. The van der Waals surface area contributed by atoms with Crippen molar-refractivity contribution < 1.29 is 8.42 Å². The predicted molar refractivity (Wildman–Crippen MR) is 75.5 cm³/mol. The Morgan fingerprint density at radius 1 is 1.37 bits per heavy atom. The number of anilines is 1. The molecule has 1 aliphatic carbocycles. The lowest BCUT2D eigenvalue weighted by Gasteiger charge is -2.17. The lowest BCUT2D eigenvalue weighted by Crippen LogP contribution is -2.33. The molecule has 2 N–H and O–H groups in total. The van der Waals surface area contributed by atoms with Crippen molar-refractivity contribution >= 4 is 15.8 Å². The van der Waals surface area contributed by atoms with E-state index in [0.29, 0.717) is 5.82 Å². The second kappa shape index (κ2) is 5.09. The minimum Gasteiger partial charge on any atom is -0.373 e. The zero-order chi connectivity index (χ0) is 14.1. The van der Waals surface area contributed by atoms with Crippen molar-refractivity contribution in [1.29, 1.82) is 0 Å². The van der Waals surface area contributed by atoms with Gasteiger partial charge in [0, 0.05) is 19.3 Å². The van der Waals surface area contributed by atoms with Crippen molar-refractivity contribution in [2.24, 2.45) is 5.41 Å². The maximum absolute atomic E-state index is 12.2. The molecule has 1 aromatic heterocycles. The summed E-state index contributed by atoms with van der Waals surface area (Å²) in [6.07, 6.45) is 4.22. The fourth-order valence-corrected chi connectivity index (χ4v) is 3.73. The van der Waals surface area contributed by atoms with Crippen molar-refractivity contribution in [3.8, 4) is 0 Å². The van der Waals surface area contributed by atoms with Crippen LogP contribution in [0.1, 0.15) is 33.1 Å². The summed E-state index contributed by atoms with van der Waals surface area (Å²) in [6, 6.07) is 3.26. The van der Waals surface area contributed by atoms with E-state index >= 15 is 0 Å². The minimum atomic E-state index is -3.46. The van der Waals surface area contributed by atoms with Gasteiger partial charge in [0.15, 0.2) is 0 Å². The lowest BCUT2D eigenvalue weighted by atomic mass is 9.92. The zero-order valence-electron chi connectivity index (χ0n) is 11.6. The summed E-state index contributed by atoms with van der Waals surface area (Å²) in [7, 11) is -1.71. The van der Waals surface area contributed by atoms with E-state index in [4.69, 9.17) is 0 Å². The summed E-state index contributed by atoms with van der Waals surface area (Å²) >= 11 is 0. The molecule has 0 aromatic carbocycles. The van der Waals surface area contributed by atoms with Crippen LogP contribution in [0, 0.1) is 5.41 Å². The van der Waals surface area contributed by atoms with Crippen LogP contribution in [0.15, 0.2) is 23.2 Å². The van der Waals surface area contributed by atoms with Gasteiger partial charge < -0.3 is 5.32 Å². The second-order valence-corrected chi connectivity index (χ2v) is 7.57. The summed E-state index contributed by atoms with van der Waals surface area (Å²) < 4.78 is 27.2. The highest BCUT2D eigenvalue weighted by atomic mass is 32.2. The van der Waals surface area contributed by atoms with E-state index < -0.39 is 10.0 Å². The zero-order valence-corrected chi connectivity index (χ0v) is 12.4. The van der Waals surface area contributed by atoms with Gasteiger partial charge in [-0.05, 0) is 36.8 Å². The largest absolute Gasteiger partial charge is 0.373 e. The first-order valence-electron chi connectivity index (χ1n) is 6.49. The Bertz CT molecular complexity index is 538. The van der Waals surface area contributed by atoms with Crippen molar-refractivity contribution in [1.82, 2.24) is 9.71 Å². The summed E-state index contributed by atoms with van der Waals surface area (Å²) in [5.74, 6) is 0.654. The summed E-state index contributed by atoms with van der Waals surface area (Å²) in [5, 5.41) is 2.86. The van der Waals surface area contributed by atoms with E-state index in [1.807, 2.05) is 0 Å². The molecule has 0 bridgehead atoms. The quantitative estimate of drug-likeness (QED) is 0.886. The monoisotopic (exact) mass is 283 g/mol. The van der Waals surface area contributed by atoms with E-state index in [2.05, 4.69) is 28.9 Å². The third-order valence-electron chi connectivity index (χ3n) is 3.59. The van der Waals surface area contributed by atoms with Crippen LogP contribution in [-0.2, 0) is 10.0 Å². The van der Waals surface area contributed by atoms with E-state index in [-0.39, 0.29) is 16.4 Å². The van der Waals surface area contributed by atoms with E-state index in [1.165, 1.54) is 6.20 Å². The van der Waals surface area contributed by atoms with Crippen molar-refractivity contribution in [2.45, 2.75) is 44.0 Å². The molecular weight excluding hydrogens is 262 g/mol. The highest BCUT2D eigenvalue weighted by Crippen LogP contribution is 2.37. The number of hydrogen-bond acceptors (Lipinski definition) is 4. The molecule has 0 saturated heterocycles. The third-order valence-corrected chi connectivity index (χ3v) is 5.10. The molecule has 2 rings (SSSR count). The topological polar surface area (TPSA) is 71.1 Å². The Morgan fingerprint density at radius 3 is 2.58 bits per heavy atom. The van der Waals surface area contributed by atoms with Crippen LogP contribution in [0.4, 0.5) is 5.82 Å². The van der Waals surface area contributed by atoms with Gasteiger partial charge in [-0.25, -0.2) is 18.1 Å². The highest BCUT2D eigenvalue weighted by molar-refractivity contribution is 7.89. The number of hydrogen-bond donors (Lipinski definition) is 2. The summed E-state index contributed by atoms with van der Waals surface area (Å²) in [6.45, 7) is 4.34. The van der Waals surface area contributed by atoms with Gasteiger partial charge in [-0.15, -0.1) is 0 Å². The third kappa shape index (κ3) is 3.45. The maximum Gasteiger partial charge on any atom is 0.242 e. The SMILES string of the molecule is CNc1ccc(S(=O)(=O)NC2CCC(C)(C)C2)cn1. The standard InChI is InChI=1S/C13H21N3O2S/c1-13(2)7-6-10(8-13)16-19(17,18)11-4-5-12(14-3)15-9-11/h4-5,9-10,16H,6-8H2,1-3H3,(H,14,15). The van der Waals surface area contributed by atoms with Crippen LogP contribution in [-0.4, -0.2) is 26.5 Å². The van der Waals surface area contributed by atoms with E-state index in [1.54, 1.807) is 19.2 Å². The Morgan fingerprint density at radius 2 is 2.11 bits per heavy atom. The molecule has 1 saturated carbocycles. The normalized spacial score (nSPS) is 22.4. The van der Waals surface area contributed by atoms with E-state index in [0.717, 1.165) is 19.3 Å². The fraction of sp³-hybridized carbons (Fsp3) is 0.615. The molecule has 106 valence electrons. The molecule has 0 radical (unpaired) electrons. The van der Waals surface area contributed by atoms with Crippen molar-refractivity contribution in [3.05, 3.63) is 18.3 Å². The molecule has 1 heterocycles. The van der Waals surface area contributed by atoms with Crippen LogP contribution in [0.2, 0.25) is 0 Å². The van der Waals surface area contributed by atoms with Gasteiger partial charge in [0.2, 0.25) is 10.0 Å².